The van der Waals surface area contributed by atoms with Crippen molar-refractivity contribution in [1.29, 1.82) is 0 Å². The first-order chi connectivity index (χ1) is 14.5. The van der Waals surface area contributed by atoms with Crippen molar-refractivity contribution in [3.8, 4) is 5.75 Å². The van der Waals surface area contributed by atoms with Crippen LogP contribution in [-0.2, 0) is 25.6 Å². The first-order valence-corrected chi connectivity index (χ1v) is 10.4. The molecule has 9 heteroatoms. The van der Waals surface area contributed by atoms with Gasteiger partial charge in [0, 0.05) is 13.1 Å². The zero-order valence-corrected chi connectivity index (χ0v) is 17.8. The predicted molar refractivity (Wildman–Crippen MR) is 113 cm³/mol. The van der Waals surface area contributed by atoms with Crippen molar-refractivity contribution >= 4 is 35.4 Å². The van der Waals surface area contributed by atoms with Crippen LogP contribution in [-0.4, -0.2) is 61.4 Å². The average Bonchev–Trinajstić information content (AvgIpc) is 3.03. The lowest BCUT2D eigenvalue weighted by Crippen LogP contribution is -2.45. The second-order valence-electron chi connectivity index (χ2n) is 6.51. The molecule has 0 radical (unpaired) electrons. The molecule has 1 aliphatic rings. The fourth-order valence-electron chi connectivity index (χ4n) is 3.01. The molecule has 0 aliphatic carbocycles. The minimum absolute atomic E-state index is 0.146. The highest BCUT2D eigenvalue weighted by atomic mass is 32.1. The third kappa shape index (κ3) is 5.37. The van der Waals surface area contributed by atoms with Crippen molar-refractivity contribution in [3.05, 3.63) is 49.4 Å². The number of nitrogens with zero attached hydrogens (tertiary/aromatic N) is 2. The standard InChI is InChI=1S/C21H24N2O6S/c1-3-29-20(25)13-19-23(14-18(24)22-7-9-28-10-8-22)21(26)17(30-19)12-15-5-4-6-16(11-15)27-2/h4-6,11-13H,3,7-10,14H2,1-2H3/b17-12-,19-13-. The molecular weight excluding hydrogens is 408 g/mol. The lowest BCUT2D eigenvalue weighted by Gasteiger charge is -2.26. The number of amides is 1. The first kappa shape index (κ1) is 21.8. The minimum Gasteiger partial charge on any atom is -0.497 e. The highest BCUT2D eigenvalue weighted by Crippen LogP contribution is 2.12. The third-order valence-corrected chi connectivity index (χ3v) is 5.57. The Kier molecular flexibility index (Phi) is 7.42. The van der Waals surface area contributed by atoms with Crippen molar-refractivity contribution in [2.24, 2.45) is 0 Å². The van der Waals surface area contributed by atoms with Crippen molar-refractivity contribution in [1.82, 2.24) is 9.47 Å². The topological polar surface area (TPSA) is 87.1 Å². The molecule has 0 spiro atoms. The monoisotopic (exact) mass is 432 g/mol. The molecule has 1 amide bonds. The first-order valence-electron chi connectivity index (χ1n) is 9.61. The Morgan fingerprint density at radius 1 is 1.27 bits per heavy atom. The van der Waals surface area contributed by atoms with Gasteiger partial charge in [0.1, 0.15) is 17.0 Å². The SMILES string of the molecule is CCOC(=O)/C=c1\s/c(=C\c2cccc(OC)c2)c(=O)n1CC(=O)N1CCOCC1. The van der Waals surface area contributed by atoms with E-state index in [0.29, 0.717) is 41.2 Å². The fraction of sp³-hybridized carbons (Fsp3) is 0.381. The maximum absolute atomic E-state index is 13.0. The maximum Gasteiger partial charge on any atom is 0.333 e. The van der Waals surface area contributed by atoms with Crippen LogP contribution in [0.15, 0.2) is 29.1 Å². The Bertz CT molecular complexity index is 1080. The summed E-state index contributed by atoms with van der Waals surface area (Å²) in [4.78, 5) is 39.4. The Morgan fingerprint density at radius 3 is 2.73 bits per heavy atom. The Hall–Kier alpha value is -2.91. The second-order valence-corrected chi connectivity index (χ2v) is 7.57. The predicted octanol–water partition coefficient (Wildman–Crippen LogP) is -0.0504. The molecule has 0 bridgehead atoms. The Morgan fingerprint density at radius 2 is 2.03 bits per heavy atom. The molecule has 30 heavy (non-hydrogen) atoms. The van der Waals surface area contributed by atoms with Crippen LogP contribution in [0.1, 0.15) is 12.5 Å². The van der Waals surface area contributed by atoms with Gasteiger partial charge >= 0.3 is 5.97 Å². The summed E-state index contributed by atoms with van der Waals surface area (Å²) in [6, 6.07) is 7.28. The lowest BCUT2D eigenvalue weighted by atomic mass is 10.2. The van der Waals surface area contributed by atoms with E-state index in [1.54, 1.807) is 31.1 Å². The van der Waals surface area contributed by atoms with Gasteiger partial charge in [-0.2, -0.15) is 0 Å². The van der Waals surface area contributed by atoms with Crippen LogP contribution in [0.25, 0.3) is 12.2 Å². The summed E-state index contributed by atoms with van der Waals surface area (Å²) in [6.07, 6.45) is 2.97. The van der Waals surface area contributed by atoms with Gasteiger partial charge in [-0.1, -0.05) is 12.1 Å². The average molecular weight is 432 g/mol. The molecule has 0 atom stereocenters. The normalized spacial score (nSPS) is 15.3. The molecule has 0 saturated carbocycles. The number of hydrogen-bond acceptors (Lipinski definition) is 7. The minimum atomic E-state index is -0.556. The van der Waals surface area contributed by atoms with Crippen LogP contribution in [0.4, 0.5) is 0 Å². The number of rotatable bonds is 6. The van der Waals surface area contributed by atoms with E-state index in [1.807, 2.05) is 18.2 Å². The van der Waals surface area contributed by atoms with Gasteiger partial charge in [-0.05, 0) is 30.7 Å². The van der Waals surface area contributed by atoms with Gasteiger partial charge in [-0.3, -0.25) is 14.2 Å². The Labute approximate surface area is 177 Å². The molecular formula is C21H24N2O6S. The molecule has 2 heterocycles. The number of ether oxygens (including phenoxy) is 3. The fourth-order valence-corrected chi connectivity index (χ4v) is 4.04. The third-order valence-electron chi connectivity index (χ3n) is 4.51. The molecule has 0 unspecified atom stereocenters. The summed E-state index contributed by atoms with van der Waals surface area (Å²) in [5.41, 5.74) is 0.446. The van der Waals surface area contributed by atoms with E-state index < -0.39 is 5.97 Å². The van der Waals surface area contributed by atoms with Crippen LogP contribution in [0.5, 0.6) is 5.75 Å². The van der Waals surface area contributed by atoms with E-state index in [0.717, 1.165) is 16.9 Å². The van der Waals surface area contributed by atoms with E-state index >= 15 is 0 Å². The Balaban J connectivity index is 2.02. The zero-order valence-electron chi connectivity index (χ0n) is 17.0. The number of carbonyl (C=O) groups excluding carboxylic acids is 2. The molecule has 1 saturated heterocycles. The van der Waals surface area contributed by atoms with E-state index in [9.17, 15) is 14.4 Å². The zero-order chi connectivity index (χ0) is 21.5. The molecule has 3 rings (SSSR count). The second kappa shape index (κ2) is 10.2. The molecule has 2 aromatic rings. The largest absolute Gasteiger partial charge is 0.497 e. The van der Waals surface area contributed by atoms with Crippen LogP contribution >= 0.6 is 11.3 Å². The number of morpholine rings is 1. The van der Waals surface area contributed by atoms with Crippen LogP contribution in [0, 0.1) is 0 Å². The van der Waals surface area contributed by atoms with Crippen molar-refractivity contribution < 1.29 is 23.8 Å². The van der Waals surface area contributed by atoms with Crippen molar-refractivity contribution in [2.75, 3.05) is 40.0 Å². The number of hydrogen-bond donors (Lipinski definition) is 0. The molecule has 1 fully saturated rings. The number of aromatic nitrogens is 1. The quantitative estimate of drug-likeness (QED) is 0.595. The van der Waals surface area contributed by atoms with Gasteiger partial charge < -0.3 is 19.1 Å². The highest BCUT2D eigenvalue weighted by Gasteiger charge is 2.19. The van der Waals surface area contributed by atoms with E-state index in [2.05, 4.69) is 0 Å². The van der Waals surface area contributed by atoms with Gasteiger partial charge in [0.05, 0.1) is 37.5 Å². The molecule has 1 aromatic carbocycles. The summed E-state index contributed by atoms with van der Waals surface area (Å²) < 4.78 is 17.6. The smallest absolute Gasteiger partial charge is 0.333 e. The van der Waals surface area contributed by atoms with Crippen LogP contribution < -0.4 is 19.5 Å². The number of benzene rings is 1. The number of esters is 1. The van der Waals surface area contributed by atoms with Crippen molar-refractivity contribution in [2.45, 2.75) is 13.5 Å². The molecule has 0 N–H and O–H groups in total. The molecule has 160 valence electrons. The molecule has 8 nitrogen and oxygen atoms in total. The van der Waals surface area contributed by atoms with Crippen LogP contribution in [0.3, 0.4) is 0 Å². The summed E-state index contributed by atoms with van der Waals surface area (Å²) in [5, 5.41) is 0. The summed E-state index contributed by atoms with van der Waals surface area (Å²) in [6.45, 7) is 3.70. The summed E-state index contributed by atoms with van der Waals surface area (Å²) in [5.74, 6) is -0.0784. The van der Waals surface area contributed by atoms with Gasteiger partial charge in [-0.25, -0.2) is 4.79 Å². The van der Waals surface area contributed by atoms with E-state index in [1.165, 1.54) is 10.6 Å². The van der Waals surface area contributed by atoms with Gasteiger partial charge in [0.15, 0.2) is 0 Å². The van der Waals surface area contributed by atoms with Crippen molar-refractivity contribution in [3.63, 3.8) is 0 Å². The summed E-state index contributed by atoms with van der Waals surface area (Å²) in [7, 11) is 1.57. The van der Waals surface area contributed by atoms with Crippen LogP contribution in [0.2, 0.25) is 0 Å². The summed E-state index contributed by atoms with van der Waals surface area (Å²) >= 11 is 1.14. The number of carbonyl (C=O) groups is 2. The van der Waals surface area contributed by atoms with Gasteiger partial charge in [0.25, 0.3) is 5.56 Å². The van der Waals surface area contributed by atoms with E-state index in [4.69, 9.17) is 14.2 Å². The maximum atomic E-state index is 13.0. The highest BCUT2D eigenvalue weighted by molar-refractivity contribution is 7.07. The molecule has 1 aromatic heterocycles. The van der Waals surface area contributed by atoms with Gasteiger partial charge in [0.2, 0.25) is 5.91 Å². The van der Waals surface area contributed by atoms with E-state index in [-0.39, 0.29) is 24.6 Å². The number of methoxy groups -OCH3 is 1. The molecule has 1 aliphatic heterocycles. The number of thiazole rings is 1. The lowest BCUT2D eigenvalue weighted by molar-refractivity contribution is -0.136. The van der Waals surface area contributed by atoms with Gasteiger partial charge in [-0.15, -0.1) is 11.3 Å².